The predicted molar refractivity (Wildman–Crippen MR) is 101 cm³/mol. The highest BCUT2D eigenvalue weighted by Gasteiger charge is 2.24. The number of fused-ring (bicyclic) bond motifs is 1. The first-order valence-electron chi connectivity index (χ1n) is 9.17. The molecule has 4 rings (SSSR count). The minimum Gasteiger partial charge on any atom is -0.324 e. The van der Waals surface area contributed by atoms with Crippen LogP contribution in [0.25, 0.3) is 0 Å². The number of aromatic nitrogens is 3. The van der Waals surface area contributed by atoms with Crippen LogP contribution in [0.3, 0.4) is 0 Å². The molecule has 7 nitrogen and oxygen atoms in total. The third kappa shape index (κ3) is 3.65. The van der Waals surface area contributed by atoms with Gasteiger partial charge in [0.1, 0.15) is 0 Å². The van der Waals surface area contributed by atoms with Crippen LogP contribution >= 0.6 is 11.3 Å². The maximum Gasteiger partial charge on any atom is 0.323 e. The molecule has 0 unspecified atom stereocenters. The van der Waals surface area contributed by atoms with Crippen LogP contribution in [-0.2, 0) is 19.4 Å². The summed E-state index contributed by atoms with van der Waals surface area (Å²) in [6, 6.07) is 1.67. The molecule has 2 aliphatic rings. The van der Waals surface area contributed by atoms with Crippen molar-refractivity contribution >= 4 is 22.5 Å². The number of hydrogen-bond donors (Lipinski definition) is 1. The molecule has 26 heavy (non-hydrogen) atoms. The van der Waals surface area contributed by atoms with Gasteiger partial charge in [-0.2, -0.15) is 5.10 Å². The highest BCUT2D eigenvalue weighted by molar-refractivity contribution is 7.15. The van der Waals surface area contributed by atoms with Crippen molar-refractivity contribution in [3.8, 4) is 0 Å². The second kappa shape index (κ2) is 7.19. The van der Waals surface area contributed by atoms with Crippen molar-refractivity contribution in [3.05, 3.63) is 38.8 Å². The molecular formula is C18H23N5O2S. The number of anilines is 1. The molecule has 8 heteroatoms. The van der Waals surface area contributed by atoms with Crippen LogP contribution in [0.2, 0.25) is 0 Å². The third-order valence-corrected chi connectivity index (χ3v) is 6.02. The Kier molecular flexibility index (Phi) is 4.76. The Morgan fingerprint density at radius 1 is 1.35 bits per heavy atom. The second-order valence-corrected chi connectivity index (χ2v) is 8.36. The molecule has 1 N–H and O–H groups in total. The number of thiazole rings is 1. The lowest BCUT2D eigenvalue weighted by molar-refractivity contribution is 0.174. The van der Waals surface area contributed by atoms with Gasteiger partial charge in [-0.25, -0.2) is 14.5 Å². The summed E-state index contributed by atoms with van der Waals surface area (Å²) in [6.45, 7) is 4.00. The van der Waals surface area contributed by atoms with Crippen LogP contribution in [0.4, 0.5) is 9.93 Å². The summed E-state index contributed by atoms with van der Waals surface area (Å²) in [6.07, 6.45) is 6.58. The fraction of sp³-hybridized carbons (Fsp3) is 0.556. The van der Waals surface area contributed by atoms with E-state index in [4.69, 9.17) is 0 Å². The number of nitrogens with one attached hydrogen (secondary N) is 1. The molecular weight excluding hydrogens is 350 g/mol. The average molecular weight is 373 g/mol. The van der Waals surface area contributed by atoms with Gasteiger partial charge in [0.15, 0.2) is 5.13 Å². The van der Waals surface area contributed by atoms with Crippen molar-refractivity contribution in [2.75, 3.05) is 18.4 Å². The number of likely N-dealkylation sites (tertiary alicyclic amines) is 1. The zero-order chi connectivity index (χ0) is 18.1. The van der Waals surface area contributed by atoms with Crippen LogP contribution in [-0.4, -0.2) is 38.8 Å². The Morgan fingerprint density at radius 2 is 2.15 bits per heavy atom. The molecule has 138 valence electrons. The van der Waals surface area contributed by atoms with Crippen LogP contribution in [0, 0.1) is 12.8 Å². The molecule has 2 amide bonds. The fourth-order valence-corrected chi connectivity index (χ4v) is 4.37. The number of urea groups is 1. The normalized spacial score (nSPS) is 17.3. The monoisotopic (exact) mass is 373 g/mol. The number of rotatable bonds is 3. The summed E-state index contributed by atoms with van der Waals surface area (Å²) in [5, 5.41) is 8.07. The number of hydrogen-bond acceptors (Lipinski definition) is 5. The summed E-state index contributed by atoms with van der Waals surface area (Å²) in [5.41, 5.74) is 2.21. The Bertz CT molecular complexity index is 867. The first-order valence-corrected chi connectivity index (χ1v) is 9.98. The van der Waals surface area contributed by atoms with E-state index in [0.29, 0.717) is 30.7 Å². The molecule has 0 bridgehead atoms. The van der Waals surface area contributed by atoms with E-state index in [1.54, 1.807) is 16.9 Å². The van der Waals surface area contributed by atoms with E-state index in [-0.39, 0.29) is 11.6 Å². The van der Waals surface area contributed by atoms with E-state index in [1.807, 2.05) is 11.8 Å². The third-order valence-electron chi connectivity index (χ3n) is 5.19. The molecule has 0 atom stereocenters. The zero-order valence-electron chi connectivity index (χ0n) is 14.9. The highest BCUT2D eigenvalue weighted by Crippen LogP contribution is 2.22. The van der Waals surface area contributed by atoms with Crippen molar-refractivity contribution in [1.29, 1.82) is 0 Å². The molecule has 1 fully saturated rings. The van der Waals surface area contributed by atoms with E-state index in [2.05, 4.69) is 15.4 Å². The van der Waals surface area contributed by atoms with Crippen molar-refractivity contribution in [2.45, 2.75) is 45.6 Å². The lowest BCUT2D eigenvalue weighted by atomic mass is 9.97. The zero-order valence-corrected chi connectivity index (χ0v) is 15.7. The van der Waals surface area contributed by atoms with Gasteiger partial charge in [0, 0.05) is 36.8 Å². The number of aryl methyl sites for hydroxylation is 3. The van der Waals surface area contributed by atoms with Gasteiger partial charge in [0.25, 0.3) is 5.56 Å². The molecule has 0 spiro atoms. The largest absolute Gasteiger partial charge is 0.324 e. The molecule has 1 aliphatic carbocycles. The standard InChI is InChI=1S/C18H23N5O2S/c1-12-10-19-17(26-12)20-18(25)22-7-5-13(6-8-22)11-23-16(24)9-14-3-2-4-15(14)21-23/h9-10,13H,2-8,11H2,1H3,(H,19,20,25). The van der Waals surface area contributed by atoms with Crippen molar-refractivity contribution in [1.82, 2.24) is 19.7 Å². The molecule has 2 aromatic heterocycles. The minimum absolute atomic E-state index is 0.00459. The number of carbonyl (C=O) groups excluding carboxylic acids is 1. The maximum atomic E-state index is 12.3. The summed E-state index contributed by atoms with van der Waals surface area (Å²) < 4.78 is 1.63. The average Bonchev–Trinajstić information content (AvgIpc) is 3.24. The molecule has 0 radical (unpaired) electrons. The van der Waals surface area contributed by atoms with E-state index in [0.717, 1.165) is 48.2 Å². The Balaban J connectivity index is 1.32. The molecule has 1 aliphatic heterocycles. The fourth-order valence-electron chi connectivity index (χ4n) is 3.72. The van der Waals surface area contributed by atoms with E-state index in [1.165, 1.54) is 11.3 Å². The maximum absolute atomic E-state index is 12.3. The van der Waals surface area contributed by atoms with Gasteiger partial charge in [0.2, 0.25) is 0 Å². The molecule has 0 aromatic carbocycles. The van der Waals surface area contributed by atoms with Crippen LogP contribution in [0.15, 0.2) is 17.1 Å². The number of amides is 2. The lowest BCUT2D eigenvalue weighted by Crippen LogP contribution is -2.42. The summed E-state index contributed by atoms with van der Waals surface area (Å²) >= 11 is 1.48. The number of nitrogens with zero attached hydrogens (tertiary/aromatic N) is 4. The molecule has 1 saturated heterocycles. The van der Waals surface area contributed by atoms with Gasteiger partial charge in [-0.05, 0) is 50.5 Å². The van der Waals surface area contributed by atoms with E-state index < -0.39 is 0 Å². The summed E-state index contributed by atoms with van der Waals surface area (Å²) in [4.78, 5) is 31.7. The minimum atomic E-state index is -0.0920. The predicted octanol–water partition coefficient (Wildman–Crippen LogP) is 2.44. The van der Waals surface area contributed by atoms with Gasteiger partial charge in [0.05, 0.1) is 5.69 Å². The Labute approximate surface area is 156 Å². The van der Waals surface area contributed by atoms with Crippen molar-refractivity contribution in [2.24, 2.45) is 5.92 Å². The Hall–Kier alpha value is -2.22. The van der Waals surface area contributed by atoms with Crippen molar-refractivity contribution < 1.29 is 4.79 Å². The number of carbonyl (C=O) groups is 1. The van der Waals surface area contributed by atoms with Crippen LogP contribution in [0.5, 0.6) is 0 Å². The van der Waals surface area contributed by atoms with Crippen LogP contribution in [0.1, 0.15) is 35.4 Å². The molecule has 3 heterocycles. The molecule has 2 aromatic rings. The summed E-state index contributed by atoms with van der Waals surface area (Å²) in [7, 11) is 0. The highest BCUT2D eigenvalue weighted by atomic mass is 32.1. The van der Waals surface area contributed by atoms with E-state index >= 15 is 0 Å². The Morgan fingerprint density at radius 3 is 2.88 bits per heavy atom. The second-order valence-electron chi connectivity index (χ2n) is 7.13. The van der Waals surface area contributed by atoms with Crippen LogP contribution < -0.4 is 10.9 Å². The topological polar surface area (TPSA) is 80.1 Å². The van der Waals surface area contributed by atoms with Gasteiger partial charge in [-0.15, -0.1) is 11.3 Å². The smallest absolute Gasteiger partial charge is 0.323 e. The van der Waals surface area contributed by atoms with Gasteiger partial charge >= 0.3 is 6.03 Å². The summed E-state index contributed by atoms with van der Waals surface area (Å²) in [5.74, 6) is 0.380. The first-order chi connectivity index (χ1) is 12.6. The lowest BCUT2D eigenvalue weighted by Gasteiger charge is -2.31. The molecule has 0 saturated carbocycles. The number of piperidine rings is 1. The SMILES string of the molecule is Cc1cnc(NC(=O)N2CCC(Cn3nc4c(cc3=O)CCC4)CC2)s1. The van der Waals surface area contributed by atoms with Gasteiger partial charge in [-0.3, -0.25) is 10.1 Å². The quantitative estimate of drug-likeness (QED) is 0.896. The van der Waals surface area contributed by atoms with Gasteiger partial charge in [-0.1, -0.05) is 0 Å². The van der Waals surface area contributed by atoms with E-state index in [9.17, 15) is 9.59 Å². The van der Waals surface area contributed by atoms with Gasteiger partial charge < -0.3 is 4.90 Å². The first kappa shape index (κ1) is 17.2. The van der Waals surface area contributed by atoms with Crippen molar-refractivity contribution in [3.63, 3.8) is 0 Å².